The molecule has 3 rings (SSSR count). The van der Waals surface area contributed by atoms with Gasteiger partial charge in [0, 0.05) is 30.1 Å². The third kappa shape index (κ3) is 3.09. The van der Waals surface area contributed by atoms with E-state index in [0.717, 1.165) is 5.56 Å². The fourth-order valence-corrected chi connectivity index (χ4v) is 2.65. The molecule has 0 radical (unpaired) electrons. The first-order valence-corrected chi connectivity index (χ1v) is 7.72. The number of hydrogen-bond donors (Lipinski definition) is 2. The Kier molecular flexibility index (Phi) is 4.48. The summed E-state index contributed by atoms with van der Waals surface area (Å²) in [6.45, 7) is 4.36. The third-order valence-electron chi connectivity index (χ3n) is 3.81. The normalized spacial score (nSPS) is 12.2. The monoisotopic (exact) mass is 342 g/mol. The number of amides is 2. The Balaban J connectivity index is 2.16. The molecule has 9 nitrogen and oxygen atoms in total. The Morgan fingerprint density at radius 3 is 2.88 bits per heavy atom. The Bertz CT molecular complexity index is 929. The van der Waals surface area contributed by atoms with E-state index >= 15 is 0 Å². The maximum atomic E-state index is 11.5. The summed E-state index contributed by atoms with van der Waals surface area (Å²) in [5, 5.41) is 11.1. The quantitative estimate of drug-likeness (QED) is 0.630. The molecule has 1 unspecified atom stereocenters. The van der Waals surface area contributed by atoms with Crippen LogP contribution >= 0.6 is 0 Å². The van der Waals surface area contributed by atoms with Crippen LogP contribution in [0.2, 0.25) is 0 Å². The summed E-state index contributed by atoms with van der Waals surface area (Å²) in [4.78, 5) is 22.4. The number of nitrogens with zero attached hydrogens (tertiary/aromatic N) is 4. The molecule has 0 bridgehead atoms. The summed E-state index contributed by atoms with van der Waals surface area (Å²) in [7, 11) is 0. The SMILES string of the molecule is CCOC(C)n1cc(-c2c(NC=O)cnn3cc(C(N)=O)cc23)cn1. The summed E-state index contributed by atoms with van der Waals surface area (Å²) < 4.78 is 8.74. The van der Waals surface area contributed by atoms with Crippen LogP contribution in [0.4, 0.5) is 5.69 Å². The molecule has 2 amide bonds. The summed E-state index contributed by atoms with van der Waals surface area (Å²) in [6, 6.07) is 1.63. The highest BCUT2D eigenvalue weighted by molar-refractivity contribution is 5.99. The number of hydrogen-bond acceptors (Lipinski definition) is 5. The average Bonchev–Trinajstić information content (AvgIpc) is 3.22. The molecule has 0 aromatic carbocycles. The van der Waals surface area contributed by atoms with Gasteiger partial charge in [0.2, 0.25) is 12.3 Å². The molecular formula is C16H18N6O3. The van der Waals surface area contributed by atoms with Crippen molar-refractivity contribution in [2.45, 2.75) is 20.1 Å². The molecule has 130 valence electrons. The van der Waals surface area contributed by atoms with Gasteiger partial charge in [0.15, 0.2) is 0 Å². The highest BCUT2D eigenvalue weighted by Crippen LogP contribution is 2.32. The molecule has 0 saturated carbocycles. The molecule has 25 heavy (non-hydrogen) atoms. The van der Waals surface area contributed by atoms with E-state index in [1.165, 1.54) is 10.7 Å². The van der Waals surface area contributed by atoms with E-state index in [4.69, 9.17) is 10.5 Å². The Labute approximate surface area is 143 Å². The Hall–Kier alpha value is -3.20. The van der Waals surface area contributed by atoms with E-state index in [1.807, 2.05) is 20.0 Å². The Morgan fingerprint density at radius 2 is 2.20 bits per heavy atom. The van der Waals surface area contributed by atoms with Crippen molar-refractivity contribution in [3.05, 3.63) is 36.4 Å². The molecule has 3 aromatic rings. The van der Waals surface area contributed by atoms with Crippen LogP contribution in [0, 0.1) is 0 Å². The molecular weight excluding hydrogens is 324 g/mol. The van der Waals surface area contributed by atoms with Crippen molar-refractivity contribution >= 4 is 23.5 Å². The number of nitrogens with one attached hydrogen (secondary N) is 1. The number of carbonyl (C=O) groups excluding carboxylic acids is 2. The largest absolute Gasteiger partial charge is 0.366 e. The van der Waals surface area contributed by atoms with E-state index in [1.54, 1.807) is 23.1 Å². The van der Waals surface area contributed by atoms with Crippen LogP contribution in [0.15, 0.2) is 30.9 Å². The smallest absolute Gasteiger partial charge is 0.250 e. The van der Waals surface area contributed by atoms with Crippen LogP contribution in [0.5, 0.6) is 0 Å². The van der Waals surface area contributed by atoms with E-state index in [0.29, 0.717) is 35.3 Å². The number of primary amides is 1. The lowest BCUT2D eigenvalue weighted by atomic mass is 10.1. The number of fused-ring (bicyclic) bond motifs is 1. The first kappa shape index (κ1) is 16.7. The van der Waals surface area contributed by atoms with E-state index in [-0.39, 0.29) is 6.23 Å². The van der Waals surface area contributed by atoms with Crippen molar-refractivity contribution in [1.82, 2.24) is 19.4 Å². The molecule has 3 N–H and O–H groups in total. The van der Waals surface area contributed by atoms with Gasteiger partial charge >= 0.3 is 0 Å². The molecule has 0 aliphatic rings. The van der Waals surface area contributed by atoms with Gasteiger partial charge in [-0.25, -0.2) is 9.20 Å². The van der Waals surface area contributed by atoms with Gasteiger partial charge in [0.1, 0.15) is 6.23 Å². The highest BCUT2D eigenvalue weighted by atomic mass is 16.5. The van der Waals surface area contributed by atoms with E-state index < -0.39 is 5.91 Å². The molecule has 0 aliphatic carbocycles. The van der Waals surface area contributed by atoms with Gasteiger partial charge in [-0.15, -0.1) is 0 Å². The van der Waals surface area contributed by atoms with Crippen LogP contribution in [-0.2, 0) is 9.53 Å². The lowest BCUT2D eigenvalue weighted by molar-refractivity contribution is -0.105. The molecule has 3 heterocycles. The van der Waals surface area contributed by atoms with Gasteiger partial charge in [0.05, 0.1) is 29.2 Å². The van der Waals surface area contributed by atoms with Crippen molar-refractivity contribution in [2.75, 3.05) is 11.9 Å². The minimum Gasteiger partial charge on any atom is -0.366 e. The molecule has 1 atom stereocenters. The van der Waals surface area contributed by atoms with Crippen molar-refractivity contribution in [3.8, 4) is 11.1 Å². The zero-order valence-corrected chi connectivity index (χ0v) is 13.8. The zero-order valence-electron chi connectivity index (χ0n) is 13.8. The zero-order chi connectivity index (χ0) is 18.0. The minimum atomic E-state index is -0.554. The predicted octanol–water partition coefficient (Wildman–Crippen LogP) is 1.42. The first-order chi connectivity index (χ1) is 12.0. The van der Waals surface area contributed by atoms with Crippen LogP contribution in [0.3, 0.4) is 0 Å². The predicted molar refractivity (Wildman–Crippen MR) is 91.0 cm³/mol. The number of nitrogens with two attached hydrogens (primary N) is 1. The van der Waals surface area contributed by atoms with Gasteiger partial charge < -0.3 is 15.8 Å². The average molecular weight is 342 g/mol. The maximum absolute atomic E-state index is 11.5. The third-order valence-corrected chi connectivity index (χ3v) is 3.81. The molecule has 3 aromatic heterocycles. The topological polar surface area (TPSA) is 117 Å². The van der Waals surface area contributed by atoms with Gasteiger partial charge in [0.25, 0.3) is 0 Å². The van der Waals surface area contributed by atoms with Gasteiger partial charge in [-0.3, -0.25) is 9.59 Å². The first-order valence-electron chi connectivity index (χ1n) is 7.72. The lowest BCUT2D eigenvalue weighted by Gasteiger charge is -2.11. The summed E-state index contributed by atoms with van der Waals surface area (Å²) in [5.74, 6) is -0.554. The number of anilines is 1. The number of carbonyl (C=O) groups is 2. The summed E-state index contributed by atoms with van der Waals surface area (Å²) in [5.41, 5.74) is 8.24. The number of aromatic nitrogens is 4. The molecule has 0 aliphatic heterocycles. The number of ether oxygens (including phenoxy) is 1. The fraction of sp³-hybridized carbons (Fsp3) is 0.250. The second-order valence-corrected chi connectivity index (χ2v) is 5.38. The minimum absolute atomic E-state index is 0.230. The second-order valence-electron chi connectivity index (χ2n) is 5.38. The van der Waals surface area contributed by atoms with Crippen LogP contribution in [0.1, 0.15) is 30.4 Å². The van der Waals surface area contributed by atoms with Crippen molar-refractivity contribution in [3.63, 3.8) is 0 Å². The van der Waals surface area contributed by atoms with Gasteiger partial charge in [-0.1, -0.05) is 0 Å². The van der Waals surface area contributed by atoms with E-state index in [9.17, 15) is 9.59 Å². The van der Waals surface area contributed by atoms with Crippen LogP contribution in [-0.4, -0.2) is 38.3 Å². The lowest BCUT2D eigenvalue weighted by Crippen LogP contribution is -2.09. The standard InChI is InChI=1S/C16H18N6O3/c1-3-25-10(2)21-8-12(5-19-21)15-13(18-9-23)6-20-22-7-11(16(17)24)4-14(15)22/h4-10H,3H2,1-2H3,(H2,17,24)(H,18,23). The maximum Gasteiger partial charge on any atom is 0.250 e. The Morgan fingerprint density at radius 1 is 1.40 bits per heavy atom. The molecule has 0 fully saturated rings. The second kappa shape index (κ2) is 6.73. The van der Waals surface area contributed by atoms with Crippen molar-refractivity contribution in [2.24, 2.45) is 5.73 Å². The van der Waals surface area contributed by atoms with Gasteiger partial charge in [-0.2, -0.15) is 10.2 Å². The van der Waals surface area contributed by atoms with Crippen molar-refractivity contribution < 1.29 is 14.3 Å². The molecule has 0 spiro atoms. The summed E-state index contributed by atoms with van der Waals surface area (Å²) in [6.07, 6.45) is 6.86. The van der Waals surface area contributed by atoms with E-state index in [2.05, 4.69) is 15.5 Å². The van der Waals surface area contributed by atoms with Gasteiger partial charge in [-0.05, 0) is 19.9 Å². The fourth-order valence-electron chi connectivity index (χ4n) is 2.65. The van der Waals surface area contributed by atoms with Crippen LogP contribution in [0.25, 0.3) is 16.6 Å². The highest BCUT2D eigenvalue weighted by Gasteiger charge is 2.17. The molecule has 9 heteroatoms. The molecule has 0 saturated heterocycles. The van der Waals surface area contributed by atoms with Crippen LogP contribution < -0.4 is 11.1 Å². The summed E-state index contributed by atoms with van der Waals surface area (Å²) >= 11 is 0. The van der Waals surface area contributed by atoms with Crippen molar-refractivity contribution in [1.29, 1.82) is 0 Å². The number of rotatable bonds is 7.